The van der Waals surface area contributed by atoms with Gasteiger partial charge in [-0.05, 0) is 50.2 Å². The van der Waals surface area contributed by atoms with Crippen molar-refractivity contribution in [2.75, 3.05) is 26.5 Å². The van der Waals surface area contributed by atoms with Crippen LogP contribution in [0.5, 0.6) is 5.75 Å². The second kappa shape index (κ2) is 7.65. The Bertz CT molecular complexity index is 902. The van der Waals surface area contributed by atoms with Gasteiger partial charge in [0.05, 0.1) is 13.7 Å². The van der Waals surface area contributed by atoms with Crippen molar-refractivity contribution in [1.29, 1.82) is 0 Å². The molecule has 0 atom stereocenters. The van der Waals surface area contributed by atoms with Crippen molar-refractivity contribution in [3.63, 3.8) is 0 Å². The molecule has 0 radical (unpaired) electrons. The molecule has 0 spiro atoms. The summed E-state index contributed by atoms with van der Waals surface area (Å²) in [6, 6.07) is 7.27. The lowest BCUT2D eigenvalue weighted by atomic mass is 9.96. The number of hydrogen-bond donors (Lipinski definition) is 3. The molecule has 1 aromatic carbocycles. The molecule has 0 saturated carbocycles. The van der Waals surface area contributed by atoms with E-state index in [1.807, 2.05) is 12.1 Å². The van der Waals surface area contributed by atoms with Crippen LogP contribution in [-0.2, 0) is 21.2 Å². The Kier molecular flexibility index (Phi) is 5.47. The van der Waals surface area contributed by atoms with Crippen LogP contribution >= 0.6 is 0 Å². The average Bonchev–Trinajstić information content (AvgIpc) is 3.15. The van der Waals surface area contributed by atoms with E-state index in [0.29, 0.717) is 24.7 Å². The molecule has 1 fully saturated rings. The Labute approximate surface area is 157 Å². The second-order valence-corrected chi connectivity index (χ2v) is 8.86. The number of piperidine rings is 1. The van der Waals surface area contributed by atoms with Crippen LogP contribution in [0.3, 0.4) is 0 Å². The molecule has 0 bridgehead atoms. The fraction of sp³-hybridized carbons (Fsp3) is 0.471. The van der Waals surface area contributed by atoms with Crippen molar-refractivity contribution >= 4 is 15.7 Å². The molecule has 1 aromatic heterocycles. The Morgan fingerprint density at radius 3 is 2.52 bits per heavy atom. The van der Waals surface area contributed by atoms with Crippen molar-refractivity contribution in [3.05, 3.63) is 30.1 Å². The van der Waals surface area contributed by atoms with Gasteiger partial charge in [-0.25, -0.2) is 13.4 Å². The molecular weight excluding hydrogens is 370 g/mol. The first-order chi connectivity index (χ1) is 12.9. The molecule has 1 amide bonds. The lowest BCUT2D eigenvalue weighted by Crippen LogP contribution is -2.57. The molecule has 146 valence electrons. The van der Waals surface area contributed by atoms with E-state index in [2.05, 4.69) is 25.8 Å². The highest BCUT2D eigenvalue weighted by Crippen LogP contribution is 2.28. The summed E-state index contributed by atoms with van der Waals surface area (Å²) in [7, 11) is -1.95. The van der Waals surface area contributed by atoms with Gasteiger partial charge in [0.2, 0.25) is 5.91 Å². The van der Waals surface area contributed by atoms with E-state index >= 15 is 0 Å². The molecule has 1 saturated heterocycles. The van der Waals surface area contributed by atoms with Gasteiger partial charge < -0.3 is 15.4 Å². The third-order valence-corrected chi connectivity index (χ3v) is 6.84. The Balaban J connectivity index is 1.69. The number of aromatic amines is 1. The van der Waals surface area contributed by atoms with Gasteiger partial charge in [0.25, 0.3) is 0 Å². The summed E-state index contributed by atoms with van der Waals surface area (Å²) in [5, 5.41) is 12.7. The predicted molar refractivity (Wildman–Crippen MR) is 99.9 cm³/mol. The highest BCUT2D eigenvalue weighted by atomic mass is 32.2. The quantitative estimate of drug-likeness (QED) is 0.643. The number of aromatic nitrogens is 3. The maximum absolute atomic E-state index is 12.7. The Hall–Kier alpha value is -2.46. The van der Waals surface area contributed by atoms with Crippen LogP contribution in [0.2, 0.25) is 0 Å². The lowest BCUT2D eigenvalue weighted by molar-refractivity contribution is -0.124. The number of nitrogens with zero attached hydrogens (tertiary/aromatic N) is 2. The molecule has 2 aromatic rings. The summed E-state index contributed by atoms with van der Waals surface area (Å²) in [5.41, 5.74) is 0.801. The van der Waals surface area contributed by atoms with E-state index in [4.69, 9.17) is 4.74 Å². The molecule has 1 aliphatic rings. The summed E-state index contributed by atoms with van der Waals surface area (Å²) in [6.45, 7) is 1.06. The molecule has 27 heavy (non-hydrogen) atoms. The number of ether oxygens (including phenoxy) is 1. The van der Waals surface area contributed by atoms with Gasteiger partial charge in [-0.3, -0.25) is 9.89 Å². The fourth-order valence-electron chi connectivity index (χ4n) is 3.17. The number of amides is 1. The summed E-state index contributed by atoms with van der Waals surface area (Å²) < 4.78 is 28.3. The van der Waals surface area contributed by atoms with E-state index in [-0.39, 0.29) is 19.4 Å². The number of methoxy groups -OCH3 is 1. The van der Waals surface area contributed by atoms with Crippen molar-refractivity contribution < 1.29 is 17.9 Å². The monoisotopic (exact) mass is 393 g/mol. The molecule has 10 heteroatoms. The van der Waals surface area contributed by atoms with Crippen LogP contribution < -0.4 is 15.4 Å². The maximum Gasteiger partial charge on any atom is 0.241 e. The van der Waals surface area contributed by atoms with Gasteiger partial charge in [-0.1, -0.05) is 0 Å². The zero-order chi connectivity index (χ0) is 19.5. The fourth-order valence-corrected chi connectivity index (χ4v) is 4.52. The number of carbonyl (C=O) groups excluding carboxylic acids is 1. The zero-order valence-electron chi connectivity index (χ0n) is 15.3. The van der Waals surface area contributed by atoms with E-state index in [1.54, 1.807) is 19.2 Å². The largest absolute Gasteiger partial charge is 0.497 e. The Morgan fingerprint density at radius 1 is 1.26 bits per heavy atom. The van der Waals surface area contributed by atoms with E-state index in [1.165, 1.54) is 0 Å². The number of sulfone groups is 1. The molecule has 3 rings (SSSR count). The third kappa shape index (κ3) is 3.96. The first-order valence-electron chi connectivity index (χ1n) is 8.60. The molecule has 0 unspecified atom stereocenters. The number of H-pyrrole nitrogens is 1. The number of hydrogen-bond acceptors (Lipinski definition) is 7. The van der Waals surface area contributed by atoms with Crippen molar-refractivity contribution in [2.45, 2.75) is 24.1 Å². The molecule has 1 aliphatic heterocycles. The number of nitrogens with one attached hydrogen (secondary N) is 3. The van der Waals surface area contributed by atoms with Crippen LogP contribution in [0.1, 0.15) is 18.7 Å². The zero-order valence-corrected chi connectivity index (χ0v) is 16.1. The highest BCUT2D eigenvalue weighted by molar-refractivity contribution is 7.92. The smallest absolute Gasteiger partial charge is 0.241 e. The minimum Gasteiger partial charge on any atom is -0.497 e. The Morgan fingerprint density at radius 2 is 1.93 bits per heavy atom. The van der Waals surface area contributed by atoms with Crippen LogP contribution in [0.4, 0.5) is 0 Å². The maximum atomic E-state index is 12.7. The van der Waals surface area contributed by atoms with Crippen molar-refractivity contribution in [3.8, 4) is 17.1 Å². The van der Waals surface area contributed by atoms with Crippen LogP contribution in [0, 0.1) is 0 Å². The minimum atomic E-state index is -3.55. The summed E-state index contributed by atoms with van der Waals surface area (Å²) >= 11 is 0. The number of benzene rings is 1. The summed E-state index contributed by atoms with van der Waals surface area (Å²) in [5.74, 6) is 1.18. The van der Waals surface area contributed by atoms with Gasteiger partial charge in [-0.15, -0.1) is 0 Å². The lowest BCUT2D eigenvalue weighted by Gasteiger charge is -2.34. The normalized spacial score (nSPS) is 16.7. The SMILES string of the molecule is COc1ccc(-c2n[nH]c(CNC(=O)C3(S(C)(=O)=O)CCNCC3)n2)cc1. The first-order valence-corrected chi connectivity index (χ1v) is 10.5. The van der Waals surface area contributed by atoms with Gasteiger partial charge >= 0.3 is 0 Å². The average molecular weight is 393 g/mol. The van der Waals surface area contributed by atoms with Crippen LogP contribution in [0.25, 0.3) is 11.4 Å². The minimum absolute atomic E-state index is 0.0761. The van der Waals surface area contributed by atoms with Crippen LogP contribution in [-0.4, -0.2) is 60.7 Å². The predicted octanol–water partition coefficient (Wildman–Crippen LogP) is 0.263. The van der Waals surface area contributed by atoms with Crippen molar-refractivity contribution in [2.24, 2.45) is 0 Å². The standard InChI is InChI=1S/C17H23N5O4S/c1-26-13-5-3-12(4-6-13)15-20-14(21-22-15)11-19-16(23)17(27(2,24)25)7-9-18-10-8-17/h3-6,18H,7-11H2,1-2H3,(H,19,23)(H,20,21,22). The van der Waals surface area contributed by atoms with E-state index < -0.39 is 20.5 Å². The van der Waals surface area contributed by atoms with Gasteiger partial charge in [-0.2, -0.15) is 5.10 Å². The topological polar surface area (TPSA) is 126 Å². The number of rotatable bonds is 6. The van der Waals surface area contributed by atoms with E-state index in [9.17, 15) is 13.2 Å². The van der Waals surface area contributed by atoms with Gasteiger partial charge in [0.15, 0.2) is 20.4 Å². The molecule has 9 nitrogen and oxygen atoms in total. The molecule has 0 aliphatic carbocycles. The summed E-state index contributed by atoms with van der Waals surface area (Å²) in [4.78, 5) is 17.0. The molecule has 2 heterocycles. The van der Waals surface area contributed by atoms with Crippen molar-refractivity contribution in [1.82, 2.24) is 25.8 Å². The third-order valence-electron chi connectivity index (χ3n) is 4.83. The van der Waals surface area contributed by atoms with Crippen LogP contribution in [0.15, 0.2) is 24.3 Å². The number of carbonyl (C=O) groups is 1. The first kappa shape index (κ1) is 19.3. The highest BCUT2D eigenvalue weighted by Gasteiger charge is 2.48. The van der Waals surface area contributed by atoms with E-state index in [0.717, 1.165) is 17.6 Å². The van der Waals surface area contributed by atoms with Gasteiger partial charge in [0, 0.05) is 11.8 Å². The molecule has 3 N–H and O–H groups in total. The van der Waals surface area contributed by atoms with Gasteiger partial charge in [0.1, 0.15) is 11.6 Å². The summed E-state index contributed by atoms with van der Waals surface area (Å²) in [6.07, 6.45) is 1.63. The molecular formula is C17H23N5O4S. The second-order valence-electron chi connectivity index (χ2n) is 6.53.